The van der Waals surface area contributed by atoms with Crippen LogP contribution in [0.2, 0.25) is 66.5 Å². The van der Waals surface area contributed by atoms with Crippen molar-refractivity contribution in [3.05, 3.63) is 47.5 Å². The minimum Gasteiger partial charge on any atom is -0.493 e. The molecule has 3 fully saturated rings. The highest BCUT2D eigenvalue weighted by molar-refractivity contribution is 6.79. The summed E-state index contributed by atoms with van der Waals surface area (Å²) in [4.78, 5) is 105. The van der Waals surface area contributed by atoms with Gasteiger partial charge in [0.05, 0.1) is 33.0 Å². The third-order valence-corrected chi connectivity index (χ3v) is 53.0. The zero-order valence-electron chi connectivity index (χ0n) is 93.6. The molecule has 2 aromatic rings. The first-order chi connectivity index (χ1) is 66.8. The maximum absolute atomic E-state index is 12.4. The van der Waals surface area contributed by atoms with Gasteiger partial charge in [0.15, 0.2) is 33.3 Å². The SMILES string of the molecule is CC.CC(C)[Si](OCCCCCCCCCCCOc1ccc(CO)c(OCCCCCCCCCCCO[Si](C(C)C)(C(C)C)C(C)C)c1)(C(C)C)C(C)C.CC(C)[Si](OCCCCCCCCCCCOc1ccc(COC(=O)ON2C(=O)CCC2=O)c(OCCCCCCCCCCCO[Si](C(C)C)(C(C)C)C(C)C)c1)(C(C)C)C(C)C.CO.O=C(ON1C(=O)CCC1=O)ON1C(=O)CCC1=O. The number of ether oxygens (including phenoxy) is 5. The maximum Gasteiger partial charge on any atom is 0.560 e. The lowest BCUT2D eigenvalue weighted by molar-refractivity contribution is -0.198. The molecule has 0 aliphatic carbocycles. The minimum absolute atomic E-state index is 0.0117. The van der Waals surface area contributed by atoms with Crippen molar-refractivity contribution in [2.75, 3.05) is 60.0 Å². The summed E-state index contributed by atoms with van der Waals surface area (Å²) in [5, 5.41) is 17.8. The van der Waals surface area contributed by atoms with Crippen LogP contribution in [-0.4, -0.2) is 166 Å². The highest BCUT2D eigenvalue weighted by Crippen LogP contribution is 2.47. The molecule has 0 atom stereocenters. The van der Waals surface area contributed by atoms with E-state index in [1.807, 2.05) is 50.2 Å². The van der Waals surface area contributed by atoms with Crippen LogP contribution in [0, 0.1) is 0 Å². The Bertz CT molecular complexity index is 3480. The molecule has 0 saturated carbocycles. The molecule has 0 bridgehead atoms. The van der Waals surface area contributed by atoms with E-state index in [9.17, 15) is 43.5 Å². The monoisotopic (exact) mass is 2040 g/mol. The largest absolute Gasteiger partial charge is 0.560 e. The number of aliphatic hydroxyl groups excluding tert-OH is 2. The van der Waals surface area contributed by atoms with Gasteiger partial charge in [-0.3, -0.25) is 43.3 Å². The molecule has 140 heavy (non-hydrogen) atoms. The Labute approximate surface area is 855 Å². The summed E-state index contributed by atoms with van der Waals surface area (Å²) in [6.07, 6.45) is 41.3. The van der Waals surface area contributed by atoms with E-state index in [0.29, 0.717) is 108 Å². The van der Waals surface area contributed by atoms with Crippen molar-refractivity contribution in [3.8, 4) is 23.0 Å². The highest BCUT2D eigenvalue weighted by atomic mass is 28.4. The van der Waals surface area contributed by atoms with Gasteiger partial charge in [0.2, 0.25) is 0 Å². The molecule has 3 aliphatic rings. The molecule has 2 N–H and O–H groups in total. The summed E-state index contributed by atoms with van der Waals surface area (Å²) in [5.74, 6) is -0.933. The molecular formula is C111H205N3O22Si4. The number of hydroxylamine groups is 6. The summed E-state index contributed by atoms with van der Waals surface area (Å²) < 4.78 is 56.8. The summed E-state index contributed by atoms with van der Waals surface area (Å²) in [7, 11) is -5.93. The second kappa shape index (κ2) is 75.9. The number of benzene rings is 2. The van der Waals surface area contributed by atoms with E-state index >= 15 is 0 Å². The highest BCUT2D eigenvalue weighted by Gasteiger charge is 2.49. The van der Waals surface area contributed by atoms with Gasteiger partial charge < -0.3 is 51.6 Å². The fraction of sp³-hybridized carbons (Fsp3) is 0.820. The molecule has 3 aliphatic heterocycles. The van der Waals surface area contributed by atoms with Gasteiger partial charge in [0, 0.05) is 95.3 Å². The van der Waals surface area contributed by atoms with Crippen molar-refractivity contribution in [1.82, 2.24) is 15.2 Å². The number of rotatable bonds is 74. The molecule has 0 unspecified atom stereocenters. The Morgan fingerprint density at radius 1 is 0.264 bits per heavy atom. The molecular weight excluding hydrogens is 1840 g/mol. The Hall–Kier alpha value is -5.77. The van der Waals surface area contributed by atoms with E-state index in [1.54, 1.807) is 0 Å². The Morgan fingerprint density at radius 2 is 0.443 bits per heavy atom. The van der Waals surface area contributed by atoms with Gasteiger partial charge in [-0.15, -0.1) is 0 Å². The smallest absolute Gasteiger partial charge is 0.493 e. The first-order valence-corrected chi connectivity index (χ1v) is 64.0. The first-order valence-electron chi connectivity index (χ1n) is 55.5. The van der Waals surface area contributed by atoms with Crippen molar-refractivity contribution in [2.24, 2.45) is 0 Å². The lowest BCUT2D eigenvalue weighted by Crippen LogP contribution is -2.47. The molecule has 5 rings (SSSR count). The zero-order valence-corrected chi connectivity index (χ0v) is 97.6. The second-order valence-corrected chi connectivity index (χ2v) is 64.1. The second-order valence-electron chi connectivity index (χ2n) is 42.3. The van der Waals surface area contributed by atoms with Crippen LogP contribution in [0.15, 0.2) is 36.4 Å². The number of hydrogen-bond acceptors (Lipinski definition) is 22. The van der Waals surface area contributed by atoms with Gasteiger partial charge in [-0.25, -0.2) is 4.79 Å². The average Bonchev–Trinajstić information content (AvgIpc) is 1.07. The normalized spacial score (nSPS) is 13.9. The van der Waals surface area contributed by atoms with Crippen LogP contribution >= 0.6 is 0 Å². The van der Waals surface area contributed by atoms with Crippen molar-refractivity contribution in [3.63, 3.8) is 0 Å². The molecule has 0 radical (unpaired) electrons. The summed E-state index contributed by atoms with van der Waals surface area (Å²) in [6.45, 7) is 67.0. The number of imide groups is 3. The number of hydrogen-bond donors (Lipinski definition) is 2. The Balaban J connectivity index is 0.00000116. The minimum atomic E-state index is -1.76. The molecule has 25 nitrogen and oxygen atoms in total. The van der Waals surface area contributed by atoms with Gasteiger partial charge in [0.25, 0.3) is 35.4 Å². The van der Waals surface area contributed by atoms with Crippen LogP contribution in [0.4, 0.5) is 9.59 Å². The van der Waals surface area contributed by atoms with E-state index in [2.05, 4.69) is 176 Å². The van der Waals surface area contributed by atoms with E-state index in [-0.39, 0.29) is 61.9 Å². The molecule has 29 heteroatoms. The van der Waals surface area contributed by atoms with Gasteiger partial charge in [0.1, 0.15) is 29.6 Å². The quantitative estimate of drug-likeness (QED) is 0.0269. The van der Waals surface area contributed by atoms with Crippen LogP contribution in [0.1, 0.15) is 461 Å². The number of aliphatic hydroxyl groups is 2. The van der Waals surface area contributed by atoms with Gasteiger partial charge in [-0.05, 0) is 142 Å². The number of carbonyl (C=O) groups is 8. The van der Waals surface area contributed by atoms with E-state index in [4.69, 9.17) is 51.3 Å². The van der Waals surface area contributed by atoms with Gasteiger partial charge in [-0.1, -0.05) is 375 Å². The lowest BCUT2D eigenvalue weighted by atomic mass is 10.1. The molecule has 2 aromatic carbocycles. The predicted octanol–water partition coefficient (Wildman–Crippen LogP) is 30.8. The third-order valence-electron chi connectivity index (χ3n) is 28.6. The maximum atomic E-state index is 12.4. The average molecular weight is 2050 g/mol. The van der Waals surface area contributed by atoms with Crippen molar-refractivity contribution >= 4 is 81.0 Å². The molecule has 0 spiro atoms. The van der Waals surface area contributed by atoms with E-state index < -0.39 is 81.0 Å². The third kappa shape index (κ3) is 47.8. The van der Waals surface area contributed by atoms with E-state index in [1.165, 1.54) is 186 Å². The van der Waals surface area contributed by atoms with Crippen LogP contribution in [0.5, 0.6) is 23.0 Å². The standard InChI is InChI=1S/C52H95NO9Si2.C47H92O5Si2.C9H8N2O7.C2H6.CH4O/c1-41(2)63(42(3)4,43(5)6)60-37-29-25-21-17-13-15-19-23-27-35-57-48-32-31-47(40-59-52(56)62-53-50(54)33-34-51(53)55)49(39-48)58-36-28-24-20-16-14-18-22-26-30-38-61-64(44(7)8,45(9)10)46(11)12;1-39(2)53(40(3)4,41(5)6)51-35-29-25-21-17-13-15-19-23-27-33-49-46-32-31-45(38-48)47(37-46)50-34-28-24-20-16-14-18-22-26-30-36-52-54(42(7)8,43(9)10)44(11)12;12-5-1-2-6(13)10(5)17-9(16)18-11-7(14)3-4-8(11)15;2*1-2/h31-32,39,41-46H,13-30,33-38,40H2,1-12H3;31-32,37,39-44,48H,13-30,33-36,38H2,1-12H3;1-4H2;1-2H3;2H,1H3. The fourth-order valence-electron chi connectivity index (χ4n) is 21.7. The molecule has 812 valence electrons. The Kier molecular flexibility index (Phi) is 71.7. The molecule has 6 amide bonds. The van der Waals surface area contributed by atoms with Crippen LogP contribution in [0.25, 0.3) is 0 Å². The van der Waals surface area contributed by atoms with Crippen molar-refractivity contribution in [2.45, 2.75) is 529 Å². The molecule has 3 saturated heterocycles. The van der Waals surface area contributed by atoms with Gasteiger partial charge >= 0.3 is 12.3 Å². The first kappa shape index (κ1) is 132. The zero-order chi connectivity index (χ0) is 105. The molecule has 3 heterocycles. The van der Waals surface area contributed by atoms with Gasteiger partial charge in [-0.2, -0.15) is 4.79 Å². The summed E-state index contributed by atoms with van der Waals surface area (Å²) in [5.41, 5.74) is 9.35. The lowest BCUT2D eigenvalue weighted by Gasteiger charge is -2.42. The topological polar surface area (TPSA) is 297 Å². The van der Waals surface area contributed by atoms with Crippen LogP contribution in [0.3, 0.4) is 0 Å². The predicted molar refractivity (Wildman–Crippen MR) is 577 cm³/mol. The summed E-state index contributed by atoms with van der Waals surface area (Å²) >= 11 is 0. The van der Waals surface area contributed by atoms with Crippen LogP contribution in [-0.2, 0) is 78.9 Å². The number of nitrogens with zero attached hydrogens (tertiary/aromatic N) is 3. The van der Waals surface area contributed by atoms with Crippen LogP contribution < -0.4 is 18.9 Å². The fourth-order valence-corrected chi connectivity index (χ4v) is 43.6. The number of unbranched alkanes of at least 4 members (excludes halogenated alkanes) is 32. The van der Waals surface area contributed by atoms with E-state index in [0.717, 1.165) is 102 Å². The summed E-state index contributed by atoms with van der Waals surface area (Å²) in [6, 6.07) is 11.4. The Morgan fingerprint density at radius 3 is 0.650 bits per heavy atom. The van der Waals surface area contributed by atoms with Crippen molar-refractivity contribution in [1.29, 1.82) is 0 Å². The van der Waals surface area contributed by atoms with Crippen molar-refractivity contribution < 1.29 is 104 Å². The number of amides is 6. The number of carbonyl (C=O) groups excluding carboxylic acids is 8. The molecule has 0 aromatic heterocycles.